The van der Waals surface area contributed by atoms with Gasteiger partial charge in [0.05, 0.1) is 16.4 Å². The molecule has 0 aliphatic heterocycles. The summed E-state index contributed by atoms with van der Waals surface area (Å²) in [7, 11) is 1.79. The molecule has 0 bridgehead atoms. The maximum Gasteiger partial charge on any atom is 0.122 e. The van der Waals surface area contributed by atoms with E-state index in [4.69, 9.17) is 5.73 Å². The zero-order valence-electron chi connectivity index (χ0n) is 6.95. The predicted molar refractivity (Wildman–Crippen MR) is 52.9 cm³/mol. The molecular weight excluding hydrogens is 234 g/mol. The van der Waals surface area contributed by atoms with Crippen LogP contribution in [0.2, 0.25) is 0 Å². The molecule has 13 heavy (non-hydrogen) atoms. The molecule has 0 radical (unpaired) electrons. The number of hydrogen-bond donors (Lipinski definition) is 2. The molecule has 0 spiro atoms. The number of nitrogen functional groups attached to an aromatic ring is 1. The summed E-state index contributed by atoms with van der Waals surface area (Å²) in [6.45, 7) is 0. The van der Waals surface area contributed by atoms with E-state index in [0.29, 0.717) is 5.82 Å². The standard InChI is InChI=1S/C7H8BrN5/c1-13-6(9)2-5(12-13)7-4(8)3-10-11-7/h2-3H,9H2,1H3,(H,10,11). The first-order valence-electron chi connectivity index (χ1n) is 3.67. The van der Waals surface area contributed by atoms with Crippen molar-refractivity contribution in [2.45, 2.75) is 0 Å². The molecule has 2 rings (SSSR count). The van der Waals surface area contributed by atoms with Gasteiger partial charge in [0, 0.05) is 13.1 Å². The molecule has 2 aromatic heterocycles. The van der Waals surface area contributed by atoms with E-state index in [-0.39, 0.29) is 0 Å². The van der Waals surface area contributed by atoms with Crippen molar-refractivity contribution in [3.63, 3.8) is 0 Å². The number of aryl methyl sites for hydroxylation is 1. The Morgan fingerprint density at radius 2 is 2.38 bits per heavy atom. The van der Waals surface area contributed by atoms with E-state index in [1.165, 1.54) is 0 Å². The minimum absolute atomic E-state index is 0.622. The van der Waals surface area contributed by atoms with E-state index < -0.39 is 0 Å². The average Bonchev–Trinajstić information content (AvgIpc) is 2.60. The highest BCUT2D eigenvalue weighted by Crippen LogP contribution is 2.25. The Hall–Kier alpha value is -1.30. The van der Waals surface area contributed by atoms with E-state index in [0.717, 1.165) is 15.9 Å². The van der Waals surface area contributed by atoms with Crippen molar-refractivity contribution in [1.29, 1.82) is 0 Å². The number of anilines is 1. The SMILES string of the molecule is Cn1nc(-c2[nH]ncc2Br)cc1N. The summed E-state index contributed by atoms with van der Waals surface area (Å²) in [6, 6.07) is 1.79. The second-order valence-electron chi connectivity index (χ2n) is 2.67. The maximum absolute atomic E-state index is 5.65. The molecule has 0 aliphatic carbocycles. The van der Waals surface area contributed by atoms with Crippen LogP contribution in [0.1, 0.15) is 0 Å². The minimum Gasteiger partial charge on any atom is -0.384 e. The molecular formula is C7H8BrN5. The van der Waals surface area contributed by atoms with Crippen LogP contribution in [0.15, 0.2) is 16.7 Å². The highest BCUT2D eigenvalue weighted by atomic mass is 79.9. The molecule has 0 fully saturated rings. The Morgan fingerprint density at radius 3 is 2.85 bits per heavy atom. The Bertz CT molecular complexity index is 410. The second-order valence-corrected chi connectivity index (χ2v) is 3.53. The Kier molecular flexibility index (Phi) is 1.84. The van der Waals surface area contributed by atoms with Gasteiger partial charge in [-0.2, -0.15) is 10.2 Å². The molecule has 5 nitrogen and oxygen atoms in total. The van der Waals surface area contributed by atoms with Gasteiger partial charge in [0.2, 0.25) is 0 Å². The number of hydrogen-bond acceptors (Lipinski definition) is 3. The molecule has 2 heterocycles. The van der Waals surface area contributed by atoms with E-state index >= 15 is 0 Å². The van der Waals surface area contributed by atoms with Gasteiger partial charge in [-0.05, 0) is 15.9 Å². The lowest BCUT2D eigenvalue weighted by molar-refractivity contribution is 0.781. The van der Waals surface area contributed by atoms with Crippen molar-refractivity contribution in [1.82, 2.24) is 20.0 Å². The van der Waals surface area contributed by atoms with Crippen LogP contribution in [0.4, 0.5) is 5.82 Å². The third-order valence-corrected chi connectivity index (χ3v) is 2.37. The summed E-state index contributed by atoms with van der Waals surface area (Å²) >= 11 is 3.35. The van der Waals surface area contributed by atoms with Gasteiger partial charge < -0.3 is 5.73 Å². The molecule has 0 saturated heterocycles. The summed E-state index contributed by atoms with van der Waals surface area (Å²) in [5.41, 5.74) is 7.27. The highest BCUT2D eigenvalue weighted by Gasteiger charge is 2.09. The number of aromatic nitrogens is 4. The summed E-state index contributed by atoms with van der Waals surface area (Å²) in [5, 5.41) is 10.9. The van der Waals surface area contributed by atoms with Crippen molar-refractivity contribution < 1.29 is 0 Å². The fourth-order valence-electron chi connectivity index (χ4n) is 1.05. The monoisotopic (exact) mass is 241 g/mol. The normalized spacial score (nSPS) is 10.6. The number of nitrogens with two attached hydrogens (primary N) is 1. The number of halogens is 1. The minimum atomic E-state index is 0.622. The van der Waals surface area contributed by atoms with E-state index in [9.17, 15) is 0 Å². The molecule has 0 aromatic carbocycles. The second kappa shape index (κ2) is 2.88. The lowest BCUT2D eigenvalue weighted by Gasteiger charge is -1.90. The first kappa shape index (κ1) is 8.31. The molecule has 0 amide bonds. The van der Waals surface area contributed by atoms with Gasteiger partial charge in [-0.15, -0.1) is 0 Å². The number of nitrogens with one attached hydrogen (secondary N) is 1. The van der Waals surface area contributed by atoms with Crippen molar-refractivity contribution >= 4 is 21.7 Å². The van der Waals surface area contributed by atoms with E-state index in [1.807, 2.05) is 0 Å². The quantitative estimate of drug-likeness (QED) is 0.787. The van der Waals surface area contributed by atoms with Crippen molar-refractivity contribution in [3.8, 4) is 11.4 Å². The Labute approximate surface area is 83.1 Å². The summed E-state index contributed by atoms with van der Waals surface area (Å²) in [5.74, 6) is 0.622. The smallest absolute Gasteiger partial charge is 0.122 e. The van der Waals surface area contributed by atoms with Crippen LogP contribution in [0.3, 0.4) is 0 Å². The number of aromatic amines is 1. The van der Waals surface area contributed by atoms with Crippen LogP contribution in [0, 0.1) is 0 Å². The Morgan fingerprint density at radius 1 is 1.62 bits per heavy atom. The molecule has 68 valence electrons. The Balaban J connectivity index is 2.53. The van der Waals surface area contributed by atoms with Crippen molar-refractivity contribution in [2.75, 3.05) is 5.73 Å². The predicted octanol–water partition coefficient (Wildman–Crippen LogP) is 1.15. The molecule has 0 aliphatic rings. The molecule has 3 N–H and O–H groups in total. The van der Waals surface area contributed by atoms with Crippen LogP contribution in [0.5, 0.6) is 0 Å². The fourth-order valence-corrected chi connectivity index (χ4v) is 1.45. The van der Waals surface area contributed by atoms with Crippen LogP contribution in [-0.4, -0.2) is 20.0 Å². The van der Waals surface area contributed by atoms with Gasteiger partial charge in [0.1, 0.15) is 11.5 Å². The molecule has 0 atom stereocenters. The largest absolute Gasteiger partial charge is 0.384 e. The lowest BCUT2D eigenvalue weighted by Crippen LogP contribution is -1.96. The van der Waals surface area contributed by atoms with Crippen LogP contribution >= 0.6 is 15.9 Å². The molecule has 0 saturated carbocycles. The highest BCUT2D eigenvalue weighted by molar-refractivity contribution is 9.10. The molecule has 2 aromatic rings. The van der Waals surface area contributed by atoms with Gasteiger partial charge in [0.25, 0.3) is 0 Å². The maximum atomic E-state index is 5.65. The molecule has 6 heteroatoms. The van der Waals surface area contributed by atoms with Gasteiger partial charge >= 0.3 is 0 Å². The first-order valence-corrected chi connectivity index (χ1v) is 4.46. The number of H-pyrrole nitrogens is 1. The van der Waals surface area contributed by atoms with Crippen molar-refractivity contribution in [2.24, 2.45) is 7.05 Å². The average molecular weight is 242 g/mol. The summed E-state index contributed by atoms with van der Waals surface area (Å²) in [6.07, 6.45) is 1.68. The third-order valence-electron chi connectivity index (χ3n) is 1.77. The fraction of sp³-hybridized carbons (Fsp3) is 0.143. The van der Waals surface area contributed by atoms with Gasteiger partial charge in [-0.25, -0.2) is 0 Å². The lowest BCUT2D eigenvalue weighted by atomic mass is 10.3. The van der Waals surface area contributed by atoms with Gasteiger partial charge in [0.15, 0.2) is 0 Å². The van der Waals surface area contributed by atoms with Gasteiger partial charge in [-0.3, -0.25) is 9.78 Å². The van der Waals surface area contributed by atoms with E-state index in [2.05, 4.69) is 31.2 Å². The summed E-state index contributed by atoms with van der Waals surface area (Å²) in [4.78, 5) is 0. The van der Waals surface area contributed by atoms with Crippen LogP contribution in [0.25, 0.3) is 11.4 Å². The topological polar surface area (TPSA) is 72.5 Å². The zero-order valence-corrected chi connectivity index (χ0v) is 8.54. The summed E-state index contributed by atoms with van der Waals surface area (Å²) < 4.78 is 2.49. The van der Waals surface area contributed by atoms with Crippen LogP contribution in [-0.2, 0) is 7.05 Å². The number of nitrogens with zero attached hydrogens (tertiary/aromatic N) is 3. The van der Waals surface area contributed by atoms with E-state index in [1.54, 1.807) is 24.0 Å². The third kappa shape index (κ3) is 1.33. The zero-order chi connectivity index (χ0) is 9.42. The van der Waals surface area contributed by atoms with Crippen LogP contribution < -0.4 is 5.73 Å². The van der Waals surface area contributed by atoms with Crippen molar-refractivity contribution in [3.05, 3.63) is 16.7 Å². The van der Waals surface area contributed by atoms with Gasteiger partial charge in [-0.1, -0.05) is 0 Å². The number of rotatable bonds is 1. The molecule has 0 unspecified atom stereocenters. The first-order chi connectivity index (χ1) is 6.18.